The second-order valence-corrected chi connectivity index (χ2v) is 2.53. The number of fused-ring (bicyclic) bond motifs is 3. The minimum Gasteiger partial charge on any atom is -0.442 e. The Morgan fingerprint density at radius 2 is 2.25 bits per heavy atom. The first-order chi connectivity index (χ1) is 5.95. The van der Waals surface area contributed by atoms with Crippen molar-refractivity contribution in [2.24, 2.45) is 0 Å². The van der Waals surface area contributed by atoms with Crippen LogP contribution in [0.1, 0.15) is 0 Å². The molecule has 3 heterocycles. The number of pyridine rings is 1. The molecule has 12 heavy (non-hydrogen) atoms. The monoisotopic (exact) mass is 159 g/mol. The summed E-state index contributed by atoms with van der Waals surface area (Å²) in [5, 5.41) is 0. The molecule has 0 atom stereocenters. The van der Waals surface area contributed by atoms with Gasteiger partial charge in [-0.05, 0) is 12.1 Å². The summed E-state index contributed by atoms with van der Waals surface area (Å²) in [5.74, 6) is 0. The number of imidazole rings is 1. The van der Waals surface area contributed by atoms with Crippen molar-refractivity contribution in [3.8, 4) is 0 Å². The predicted molar refractivity (Wildman–Crippen MR) is 42.8 cm³/mol. The van der Waals surface area contributed by atoms with Gasteiger partial charge in [-0.15, -0.1) is 0 Å². The molecule has 0 radical (unpaired) electrons. The second kappa shape index (κ2) is 1.85. The molecule has 0 aliphatic carbocycles. The van der Waals surface area contributed by atoms with Crippen molar-refractivity contribution in [3.63, 3.8) is 0 Å². The van der Waals surface area contributed by atoms with Crippen LogP contribution in [0.4, 0.5) is 0 Å². The van der Waals surface area contributed by atoms with Crippen LogP contribution in [0.25, 0.3) is 16.9 Å². The summed E-state index contributed by atoms with van der Waals surface area (Å²) in [7, 11) is 0. The average Bonchev–Trinajstić information content (AvgIpc) is 2.71. The van der Waals surface area contributed by atoms with E-state index in [9.17, 15) is 0 Å². The Hall–Kier alpha value is -1.84. The van der Waals surface area contributed by atoms with Crippen molar-refractivity contribution in [1.29, 1.82) is 0 Å². The third-order valence-electron chi connectivity index (χ3n) is 1.86. The van der Waals surface area contributed by atoms with Gasteiger partial charge in [0.25, 0.3) is 0 Å². The van der Waals surface area contributed by atoms with E-state index in [0.717, 1.165) is 16.9 Å². The minimum atomic E-state index is 0.778. The molecule has 0 amide bonds. The molecular weight excluding hydrogens is 154 g/mol. The van der Waals surface area contributed by atoms with E-state index >= 15 is 0 Å². The summed E-state index contributed by atoms with van der Waals surface area (Å²) >= 11 is 0. The van der Waals surface area contributed by atoms with Crippen molar-refractivity contribution in [3.05, 3.63) is 30.9 Å². The van der Waals surface area contributed by atoms with Crippen LogP contribution in [-0.4, -0.2) is 14.4 Å². The molecule has 0 fully saturated rings. The zero-order valence-electron chi connectivity index (χ0n) is 6.14. The van der Waals surface area contributed by atoms with Crippen molar-refractivity contribution >= 4 is 16.9 Å². The molecular formula is C8H5N3O. The Balaban J connectivity index is 2.71. The predicted octanol–water partition coefficient (Wildman–Crippen LogP) is 1.48. The largest absolute Gasteiger partial charge is 0.442 e. The number of hydrogen-bond acceptors (Lipinski definition) is 3. The third kappa shape index (κ3) is 0.567. The molecule has 0 aliphatic heterocycles. The van der Waals surface area contributed by atoms with E-state index in [1.165, 1.54) is 6.39 Å². The molecule has 4 nitrogen and oxygen atoms in total. The van der Waals surface area contributed by atoms with E-state index in [0.29, 0.717) is 0 Å². The molecule has 4 heteroatoms. The SMILES string of the molecule is c1cn2c(ccc3ocnc32)n1. The number of oxazole rings is 1. The first kappa shape index (κ1) is 5.77. The first-order valence-corrected chi connectivity index (χ1v) is 3.60. The Morgan fingerprint density at radius 1 is 1.25 bits per heavy atom. The second-order valence-electron chi connectivity index (χ2n) is 2.53. The van der Waals surface area contributed by atoms with Crippen LogP contribution >= 0.6 is 0 Å². The Kier molecular flexibility index (Phi) is 0.889. The van der Waals surface area contributed by atoms with E-state index in [1.807, 2.05) is 22.7 Å². The van der Waals surface area contributed by atoms with Crippen LogP contribution in [0.15, 0.2) is 35.3 Å². The fraction of sp³-hybridized carbons (Fsp3) is 0. The lowest BCUT2D eigenvalue weighted by atomic mass is 10.4. The van der Waals surface area contributed by atoms with Crippen molar-refractivity contribution in [1.82, 2.24) is 14.4 Å². The molecule has 3 aromatic heterocycles. The zero-order valence-corrected chi connectivity index (χ0v) is 6.14. The summed E-state index contributed by atoms with van der Waals surface area (Å²) in [6, 6.07) is 3.76. The Bertz CT molecular complexity index is 487. The van der Waals surface area contributed by atoms with Gasteiger partial charge in [-0.2, -0.15) is 4.98 Å². The van der Waals surface area contributed by atoms with Gasteiger partial charge in [0.05, 0.1) is 0 Å². The highest BCUT2D eigenvalue weighted by molar-refractivity contribution is 5.71. The van der Waals surface area contributed by atoms with Crippen LogP contribution in [0.5, 0.6) is 0 Å². The molecule has 0 N–H and O–H groups in total. The molecule has 0 aliphatic rings. The fourth-order valence-electron chi connectivity index (χ4n) is 1.31. The third-order valence-corrected chi connectivity index (χ3v) is 1.86. The van der Waals surface area contributed by atoms with E-state index < -0.39 is 0 Å². The smallest absolute Gasteiger partial charge is 0.185 e. The summed E-state index contributed by atoms with van der Waals surface area (Å²) in [6.45, 7) is 0. The highest BCUT2D eigenvalue weighted by Crippen LogP contribution is 2.13. The van der Waals surface area contributed by atoms with Gasteiger partial charge in [0.1, 0.15) is 5.65 Å². The van der Waals surface area contributed by atoms with E-state index in [-0.39, 0.29) is 0 Å². The molecule has 3 aromatic rings. The van der Waals surface area contributed by atoms with Crippen LogP contribution < -0.4 is 0 Å². The Morgan fingerprint density at radius 3 is 3.25 bits per heavy atom. The molecule has 0 saturated heterocycles. The van der Waals surface area contributed by atoms with Crippen molar-refractivity contribution in [2.75, 3.05) is 0 Å². The van der Waals surface area contributed by atoms with E-state index in [2.05, 4.69) is 9.97 Å². The number of rotatable bonds is 0. The topological polar surface area (TPSA) is 43.3 Å². The van der Waals surface area contributed by atoms with Gasteiger partial charge in [0, 0.05) is 12.4 Å². The van der Waals surface area contributed by atoms with Gasteiger partial charge >= 0.3 is 0 Å². The molecule has 0 bridgehead atoms. The highest BCUT2D eigenvalue weighted by atomic mass is 16.3. The summed E-state index contributed by atoms with van der Waals surface area (Å²) < 4.78 is 7.02. The molecule has 58 valence electrons. The van der Waals surface area contributed by atoms with Crippen LogP contribution in [0.3, 0.4) is 0 Å². The van der Waals surface area contributed by atoms with Crippen LogP contribution in [-0.2, 0) is 0 Å². The zero-order chi connectivity index (χ0) is 7.97. The van der Waals surface area contributed by atoms with E-state index in [1.54, 1.807) is 6.20 Å². The maximum atomic E-state index is 5.14. The van der Waals surface area contributed by atoms with Crippen LogP contribution in [0, 0.1) is 0 Å². The normalized spacial score (nSPS) is 11.3. The van der Waals surface area contributed by atoms with Gasteiger partial charge in [-0.3, -0.25) is 4.40 Å². The maximum Gasteiger partial charge on any atom is 0.185 e. The summed E-state index contributed by atoms with van der Waals surface area (Å²) in [4.78, 5) is 8.21. The average molecular weight is 159 g/mol. The lowest BCUT2D eigenvalue weighted by Gasteiger charge is -1.91. The fourth-order valence-corrected chi connectivity index (χ4v) is 1.31. The molecule has 0 unspecified atom stereocenters. The van der Waals surface area contributed by atoms with Crippen LogP contribution in [0.2, 0.25) is 0 Å². The van der Waals surface area contributed by atoms with Gasteiger partial charge < -0.3 is 4.42 Å². The number of nitrogens with zero attached hydrogens (tertiary/aromatic N) is 3. The van der Waals surface area contributed by atoms with Gasteiger partial charge in [-0.25, -0.2) is 4.98 Å². The highest BCUT2D eigenvalue weighted by Gasteiger charge is 2.02. The lowest BCUT2D eigenvalue weighted by molar-refractivity contribution is 0.602. The molecule has 0 aromatic carbocycles. The summed E-state index contributed by atoms with van der Waals surface area (Å²) in [6.07, 6.45) is 5.04. The summed E-state index contributed by atoms with van der Waals surface area (Å²) in [5.41, 5.74) is 2.47. The molecule has 0 saturated carbocycles. The quantitative estimate of drug-likeness (QED) is 0.499. The maximum absolute atomic E-state index is 5.14. The molecule has 3 rings (SSSR count). The standard InChI is InChI=1S/C8H5N3O/c1-2-7-9-3-4-11(7)8-6(1)12-5-10-8/h1-5H. The van der Waals surface area contributed by atoms with Gasteiger partial charge in [0.15, 0.2) is 17.6 Å². The first-order valence-electron chi connectivity index (χ1n) is 3.60. The van der Waals surface area contributed by atoms with Crippen molar-refractivity contribution < 1.29 is 4.42 Å². The number of aromatic nitrogens is 3. The number of hydrogen-bond donors (Lipinski definition) is 0. The molecule has 0 spiro atoms. The van der Waals surface area contributed by atoms with Gasteiger partial charge in [-0.1, -0.05) is 0 Å². The van der Waals surface area contributed by atoms with Gasteiger partial charge in [0.2, 0.25) is 0 Å². The van der Waals surface area contributed by atoms with Crippen molar-refractivity contribution in [2.45, 2.75) is 0 Å². The lowest BCUT2D eigenvalue weighted by Crippen LogP contribution is -1.84. The van der Waals surface area contributed by atoms with E-state index in [4.69, 9.17) is 4.42 Å². The Labute approximate surface area is 67.5 Å². The minimum absolute atomic E-state index is 0.778.